The van der Waals surface area contributed by atoms with Crippen molar-refractivity contribution in [2.75, 3.05) is 13.2 Å². The van der Waals surface area contributed by atoms with Crippen LogP contribution in [0.25, 0.3) is 10.9 Å². The standard InChI is InChI=1S/C23H23FN2O2/c24-21-10-22-17(7-4-8-25-22)9-20(21)23(27)11-18-14-28-15-19(12-23)26(18)13-16-5-2-1-3-6-16/h1-10,18-19,27H,11-15H2. The number of halogens is 1. The Balaban J connectivity index is 1.47. The van der Waals surface area contributed by atoms with E-state index in [-0.39, 0.29) is 17.9 Å². The molecule has 3 aromatic rings. The summed E-state index contributed by atoms with van der Waals surface area (Å²) in [4.78, 5) is 6.63. The average molecular weight is 378 g/mol. The van der Waals surface area contributed by atoms with E-state index in [0.29, 0.717) is 37.1 Å². The molecule has 2 bridgehead atoms. The Labute approximate surface area is 163 Å². The molecule has 2 unspecified atom stereocenters. The van der Waals surface area contributed by atoms with Crippen LogP contribution in [0.4, 0.5) is 4.39 Å². The number of nitrogens with zero attached hydrogens (tertiary/aromatic N) is 2. The van der Waals surface area contributed by atoms with Crippen LogP contribution in [0.5, 0.6) is 0 Å². The second-order valence-electron chi connectivity index (χ2n) is 7.97. The number of hydrogen-bond acceptors (Lipinski definition) is 4. The van der Waals surface area contributed by atoms with Gasteiger partial charge in [-0.1, -0.05) is 36.4 Å². The van der Waals surface area contributed by atoms with Crippen LogP contribution in [-0.4, -0.2) is 40.3 Å². The molecule has 4 nitrogen and oxygen atoms in total. The molecule has 3 heterocycles. The summed E-state index contributed by atoms with van der Waals surface area (Å²) in [5, 5.41) is 12.4. The van der Waals surface area contributed by atoms with Crippen LogP contribution in [-0.2, 0) is 16.9 Å². The zero-order chi connectivity index (χ0) is 19.1. The zero-order valence-corrected chi connectivity index (χ0v) is 15.6. The Morgan fingerprint density at radius 3 is 2.57 bits per heavy atom. The molecular formula is C23H23FN2O2. The van der Waals surface area contributed by atoms with Crippen molar-refractivity contribution < 1.29 is 14.2 Å². The summed E-state index contributed by atoms with van der Waals surface area (Å²) in [7, 11) is 0. The first kappa shape index (κ1) is 17.7. The molecule has 1 aromatic heterocycles. The largest absolute Gasteiger partial charge is 0.385 e. The fourth-order valence-corrected chi connectivity index (χ4v) is 4.77. The normalized spacial score (nSPS) is 27.8. The highest BCUT2D eigenvalue weighted by Gasteiger charge is 2.47. The summed E-state index contributed by atoms with van der Waals surface area (Å²) in [6.07, 6.45) is 2.57. The molecule has 2 aromatic carbocycles. The van der Waals surface area contributed by atoms with Gasteiger partial charge in [0.15, 0.2) is 0 Å². The number of aliphatic hydroxyl groups is 1. The zero-order valence-electron chi connectivity index (χ0n) is 15.6. The van der Waals surface area contributed by atoms with Gasteiger partial charge in [-0.05, 0) is 30.5 Å². The number of piperidine rings is 1. The van der Waals surface area contributed by atoms with Gasteiger partial charge in [-0.25, -0.2) is 4.39 Å². The lowest BCUT2D eigenvalue weighted by atomic mass is 9.76. The summed E-state index contributed by atoms with van der Waals surface area (Å²) >= 11 is 0. The fraction of sp³-hybridized carbons (Fsp3) is 0.348. The van der Waals surface area contributed by atoms with Gasteiger partial charge in [0.05, 0.1) is 24.3 Å². The second kappa shape index (κ2) is 6.92. The smallest absolute Gasteiger partial charge is 0.131 e. The minimum Gasteiger partial charge on any atom is -0.385 e. The third-order valence-electron chi connectivity index (χ3n) is 6.11. The molecule has 2 atom stereocenters. The van der Waals surface area contributed by atoms with Crippen LogP contribution in [0.3, 0.4) is 0 Å². The Hall–Kier alpha value is -2.34. The number of aromatic nitrogens is 1. The molecule has 28 heavy (non-hydrogen) atoms. The Morgan fingerprint density at radius 1 is 1.07 bits per heavy atom. The summed E-state index contributed by atoms with van der Waals surface area (Å²) < 4.78 is 20.7. The van der Waals surface area contributed by atoms with E-state index in [1.54, 1.807) is 12.3 Å². The van der Waals surface area contributed by atoms with Gasteiger partial charge in [0, 0.05) is 41.8 Å². The molecule has 2 aliphatic rings. The van der Waals surface area contributed by atoms with Crippen molar-refractivity contribution in [2.45, 2.75) is 37.1 Å². The summed E-state index contributed by atoms with van der Waals surface area (Å²) in [6.45, 7) is 1.94. The van der Waals surface area contributed by atoms with Crippen LogP contribution >= 0.6 is 0 Å². The van der Waals surface area contributed by atoms with Crippen LogP contribution in [0.15, 0.2) is 60.8 Å². The number of rotatable bonds is 3. The monoisotopic (exact) mass is 378 g/mol. The lowest BCUT2D eigenvalue weighted by Crippen LogP contribution is -2.60. The van der Waals surface area contributed by atoms with Crippen molar-refractivity contribution in [1.82, 2.24) is 9.88 Å². The number of fused-ring (bicyclic) bond motifs is 3. The molecule has 0 saturated carbocycles. The minimum absolute atomic E-state index is 0.0571. The molecular weight excluding hydrogens is 355 g/mol. The maximum Gasteiger partial charge on any atom is 0.131 e. The highest BCUT2D eigenvalue weighted by atomic mass is 19.1. The van der Waals surface area contributed by atoms with Crippen molar-refractivity contribution in [1.29, 1.82) is 0 Å². The van der Waals surface area contributed by atoms with E-state index >= 15 is 0 Å². The molecule has 1 N–H and O–H groups in total. The molecule has 0 amide bonds. The Kier molecular flexibility index (Phi) is 4.38. The first-order chi connectivity index (χ1) is 13.6. The maximum atomic E-state index is 14.9. The number of pyridine rings is 1. The molecule has 2 saturated heterocycles. The summed E-state index contributed by atoms with van der Waals surface area (Å²) in [5.41, 5.74) is 1.04. The number of morpholine rings is 1. The van der Waals surface area contributed by atoms with Crippen molar-refractivity contribution >= 4 is 10.9 Å². The third kappa shape index (κ3) is 3.09. The predicted molar refractivity (Wildman–Crippen MR) is 105 cm³/mol. The Morgan fingerprint density at radius 2 is 1.82 bits per heavy atom. The van der Waals surface area contributed by atoms with Crippen molar-refractivity contribution in [3.05, 3.63) is 77.7 Å². The molecule has 144 valence electrons. The topological polar surface area (TPSA) is 45.6 Å². The van der Waals surface area contributed by atoms with E-state index in [0.717, 1.165) is 11.9 Å². The van der Waals surface area contributed by atoms with Gasteiger partial charge < -0.3 is 9.84 Å². The lowest BCUT2D eigenvalue weighted by molar-refractivity contribution is -0.150. The summed E-state index contributed by atoms with van der Waals surface area (Å²) in [5.74, 6) is -0.385. The van der Waals surface area contributed by atoms with Crippen LogP contribution in [0.2, 0.25) is 0 Å². The molecule has 2 aliphatic heterocycles. The van der Waals surface area contributed by atoms with E-state index in [9.17, 15) is 9.50 Å². The van der Waals surface area contributed by atoms with Crippen LogP contribution < -0.4 is 0 Å². The highest BCUT2D eigenvalue weighted by molar-refractivity contribution is 5.79. The first-order valence-electron chi connectivity index (χ1n) is 9.77. The van der Waals surface area contributed by atoms with E-state index in [4.69, 9.17) is 4.74 Å². The third-order valence-corrected chi connectivity index (χ3v) is 6.11. The van der Waals surface area contributed by atoms with Gasteiger partial charge in [0.25, 0.3) is 0 Å². The van der Waals surface area contributed by atoms with Crippen molar-refractivity contribution in [3.63, 3.8) is 0 Å². The van der Waals surface area contributed by atoms with E-state index < -0.39 is 5.60 Å². The van der Waals surface area contributed by atoms with E-state index in [1.807, 2.05) is 30.3 Å². The number of ether oxygens (including phenoxy) is 1. The maximum absolute atomic E-state index is 14.9. The van der Waals surface area contributed by atoms with Crippen molar-refractivity contribution in [2.24, 2.45) is 0 Å². The molecule has 5 rings (SSSR count). The van der Waals surface area contributed by atoms with E-state index in [2.05, 4.69) is 22.0 Å². The molecule has 0 spiro atoms. The van der Waals surface area contributed by atoms with Crippen molar-refractivity contribution in [3.8, 4) is 0 Å². The van der Waals surface area contributed by atoms with Crippen LogP contribution in [0.1, 0.15) is 24.0 Å². The Bertz CT molecular complexity index is 980. The predicted octanol–water partition coefficient (Wildman–Crippen LogP) is 3.62. The highest BCUT2D eigenvalue weighted by Crippen LogP contribution is 2.43. The number of hydrogen-bond donors (Lipinski definition) is 1. The van der Waals surface area contributed by atoms with E-state index in [1.165, 1.54) is 11.6 Å². The summed E-state index contributed by atoms with van der Waals surface area (Å²) in [6, 6.07) is 17.4. The van der Waals surface area contributed by atoms with Gasteiger partial charge in [0.2, 0.25) is 0 Å². The molecule has 0 radical (unpaired) electrons. The SMILES string of the molecule is OC1(c2cc3cccnc3cc2F)CC2COCC(C1)N2Cc1ccccc1. The van der Waals surface area contributed by atoms with Crippen LogP contribution in [0, 0.1) is 5.82 Å². The van der Waals surface area contributed by atoms with Gasteiger partial charge >= 0.3 is 0 Å². The minimum atomic E-state index is -1.19. The van der Waals surface area contributed by atoms with Gasteiger partial charge in [-0.3, -0.25) is 9.88 Å². The quantitative estimate of drug-likeness (QED) is 0.756. The first-order valence-corrected chi connectivity index (χ1v) is 9.77. The number of benzene rings is 2. The average Bonchev–Trinajstić information content (AvgIpc) is 2.69. The van der Waals surface area contributed by atoms with Gasteiger partial charge in [-0.15, -0.1) is 0 Å². The molecule has 2 fully saturated rings. The van der Waals surface area contributed by atoms with Gasteiger partial charge in [-0.2, -0.15) is 0 Å². The fourth-order valence-electron chi connectivity index (χ4n) is 4.77. The molecule has 0 aliphatic carbocycles. The lowest BCUT2D eigenvalue weighted by Gasteiger charge is -2.52. The second-order valence-corrected chi connectivity index (χ2v) is 7.97. The molecule has 5 heteroatoms. The van der Waals surface area contributed by atoms with Gasteiger partial charge in [0.1, 0.15) is 5.82 Å².